The molecule has 3 aromatic rings. The van der Waals surface area contributed by atoms with Gasteiger partial charge in [0.2, 0.25) is 5.91 Å². The number of nitrogens with zero attached hydrogens (tertiary/aromatic N) is 1. The van der Waals surface area contributed by atoms with E-state index < -0.39 is 11.5 Å². The number of amides is 2. The van der Waals surface area contributed by atoms with Crippen molar-refractivity contribution in [2.45, 2.75) is 11.7 Å². The zero-order valence-corrected chi connectivity index (χ0v) is 16.2. The first kappa shape index (κ1) is 20.2. The second-order valence-corrected chi connectivity index (χ2v) is 6.97. The number of nitrogen functional groups attached to an aromatic ring is 1. The molecule has 0 aliphatic carbocycles. The highest BCUT2D eigenvalue weighted by atomic mass is 32.2. The Labute approximate surface area is 170 Å². The van der Waals surface area contributed by atoms with E-state index in [2.05, 4.69) is 20.6 Å². The van der Waals surface area contributed by atoms with Crippen LogP contribution in [0.1, 0.15) is 15.9 Å². The molecule has 148 valence electrons. The van der Waals surface area contributed by atoms with Gasteiger partial charge in [0.25, 0.3) is 11.5 Å². The number of thioether (sulfide) groups is 1. The largest absolute Gasteiger partial charge is 0.382 e. The third-order valence-electron chi connectivity index (χ3n) is 3.87. The van der Waals surface area contributed by atoms with Crippen LogP contribution in [-0.2, 0) is 11.3 Å². The first-order valence-corrected chi connectivity index (χ1v) is 9.71. The highest BCUT2D eigenvalue weighted by molar-refractivity contribution is 7.99. The van der Waals surface area contributed by atoms with Crippen LogP contribution in [-0.4, -0.2) is 27.5 Å². The van der Waals surface area contributed by atoms with Crippen LogP contribution in [0.5, 0.6) is 0 Å². The number of nitrogens with one attached hydrogen (secondary N) is 3. The van der Waals surface area contributed by atoms with Crippen molar-refractivity contribution in [3.05, 3.63) is 82.1 Å². The summed E-state index contributed by atoms with van der Waals surface area (Å²) in [6.07, 6.45) is 0. The molecule has 0 atom stereocenters. The third kappa shape index (κ3) is 5.69. The summed E-state index contributed by atoms with van der Waals surface area (Å²) in [5, 5.41) is 5.45. The molecule has 0 radical (unpaired) electrons. The Morgan fingerprint density at radius 3 is 2.34 bits per heavy atom. The molecule has 0 unspecified atom stereocenters. The molecule has 0 aliphatic rings. The molecule has 0 saturated carbocycles. The van der Waals surface area contributed by atoms with Gasteiger partial charge in [-0.05, 0) is 17.7 Å². The molecule has 2 amide bonds. The molecule has 0 fully saturated rings. The fraction of sp³-hybridized carbons (Fsp3) is 0.100. The van der Waals surface area contributed by atoms with Crippen molar-refractivity contribution in [2.75, 3.05) is 16.8 Å². The lowest BCUT2D eigenvalue weighted by Gasteiger charge is -2.09. The predicted molar refractivity (Wildman–Crippen MR) is 113 cm³/mol. The maximum Gasteiger partial charge on any atom is 0.277 e. The molecule has 1 aromatic heterocycles. The molecule has 0 spiro atoms. The van der Waals surface area contributed by atoms with E-state index in [0.717, 1.165) is 17.3 Å². The Kier molecular flexibility index (Phi) is 6.64. The van der Waals surface area contributed by atoms with Gasteiger partial charge in [-0.2, -0.15) is 0 Å². The lowest BCUT2D eigenvalue weighted by Crippen LogP contribution is -2.25. The molecule has 0 saturated heterocycles. The lowest BCUT2D eigenvalue weighted by molar-refractivity contribution is -0.118. The fourth-order valence-corrected chi connectivity index (χ4v) is 3.11. The quantitative estimate of drug-likeness (QED) is 0.349. The summed E-state index contributed by atoms with van der Waals surface area (Å²) in [4.78, 5) is 43.1. The number of nitrogens with two attached hydrogens (primary N) is 1. The monoisotopic (exact) mass is 409 g/mol. The minimum atomic E-state index is -0.589. The van der Waals surface area contributed by atoms with E-state index in [4.69, 9.17) is 5.73 Å². The minimum Gasteiger partial charge on any atom is -0.382 e. The van der Waals surface area contributed by atoms with Gasteiger partial charge < -0.3 is 16.4 Å². The van der Waals surface area contributed by atoms with Crippen LogP contribution >= 0.6 is 11.8 Å². The summed E-state index contributed by atoms with van der Waals surface area (Å²) in [6, 6.07) is 18.0. The average molecular weight is 409 g/mol. The number of rotatable bonds is 7. The van der Waals surface area contributed by atoms with Crippen molar-refractivity contribution < 1.29 is 9.59 Å². The molecule has 0 bridgehead atoms. The summed E-state index contributed by atoms with van der Waals surface area (Å²) in [5.41, 5.74) is 6.49. The van der Waals surface area contributed by atoms with Crippen molar-refractivity contribution in [3.63, 3.8) is 0 Å². The third-order valence-corrected chi connectivity index (χ3v) is 4.75. The molecular weight excluding hydrogens is 390 g/mol. The summed E-state index contributed by atoms with van der Waals surface area (Å²) in [5.74, 6) is -0.734. The lowest BCUT2D eigenvalue weighted by atomic mass is 10.2. The maximum atomic E-state index is 12.3. The van der Waals surface area contributed by atoms with E-state index >= 15 is 0 Å². The molecule has 2 aromatic carbocycles. The molecule has 29 heavy (non-hydrogen) atoms. The van der Waals surface area contributed by atoms with Crippen molar-refractivity contribution in [1.29, 1.82) is 0 Å². The number of hydrogen-bond donors (Lipinski definition) is 4. The number of aromatic nitrogens is 2. The van der Waals surface area contributed by atoms with Gasteiger partial charge in [0.1, 0.15) is 5.69 Å². The van der Waals surface area contributed by atoms with E-state index in [1.54, 1.807) is 30.3 Å². The number of H-pyrrole nitrogens is 1. The molecule has 9 heteroatoms. The molecule has 3 rings (SSSR count). The van der Waals surface area contributed by atoms with Crippen molar-refractivity contribution in [1.82, 2.24) is 15.3 Å². The van der Waals surface area contributed by atoms with Gasteiger partial charge in [-0.1, -0.05) is 60.3 Å². The van der Waals surface area contributed by atoms with Gasteiger partial charge in [-0.15, -0.1) is 0 Å². The molecule has 0 aliphatic heterocycles. The normalized spacial score (nSPS) is 10.3. The van der Waals surface area contributed by atoms with Crippen LogP contribution in [0.3, 0.4) is 0 Å². The summed E-state index contributed by atoms with van der Waals surface area (Å²) >= 11 is 1.04. The Balaban J connectivity index is 1.58. The Morgan fingerprint density at radius 1 is 1.03 bits per heavy atom. The van der Waals surface area contributed by atoms with Gasteiger partial charge in [0.15, 0.2) is 11.0 Å². The second-order valence-electron chi connectivity index (χ2n) is 6.00. The predicted octanol–water partition coefficient (Wildman–Crippen LogP) is 2.01. The van der Waals surface area contributed by atoms with Crippen LogP contribution < -0.4 is 21.9 Å². The highest BCUT2D eigenvalue weighted by Crippen LogP contribution is 2.17. The van der Waals surface area contributed by atoms with Gasteiger partial charge in [-0.3, -0.25) is 19.4 Å². The molecule has 1 heterocycles. The SMILES string of the molecule is Nc1nc(SCC(=O)NCc2ccccc2)[nH]c(=O)c1NC(=O)c1ccccc1. The highest BCUT2D eigenvalue weighted by Gasteiger charge is 2.14. The van der Waals surface area contributed by atoms with Crippen LogP contribution in [0.4, 0.5) is 11.5 Å². The Hall–Kier alpha value is -3.59. The second kappa shape index (κ2) is 9.56. The van der Waals surface area contributed by atoms with Gasteiger partial charge in [0.05, 0.1) is 5.75 Å². The van der Waals surface area contributed by atoms with Crippen molar-refractivity contribution in [2.24, 2.45) is 0 Å². The topological polar surface area (TPSA) is 130 Å². The Bertz CT molecular complexity index is 1050. The standard InChI is InChI=1S/C20H19N5O3S/c21-17-16(23-18(27)14-9-5-2-6-10-14)19(28)25-20(24-17)29-12-15(26)22-11-13-7-3-1-4-8-13/h1-10H,11-12H2,(H,22,26)(H,23,27)(H3,21,24,25,28). The smallest absolute Gasteiger partial charge is 0.277 e. The minimum absolute atomic E-state index is 0.0605. The average Bonchev–Trinajstić information content (AvgIpc) is 2.74. The van der Waals surface area contributed by atoms with E-state index in [0.29, 0.717) is 12.1 Å². The summed E-state index contributed by atoms with van der Waals surface area (Å²) in [6.45, 7) is 0.413. The number of anilines is 2. The van der Waals surface area contributed by atoms with E-state index in [1.165, 1.54) is 0 Å². The number of aromatic amines is 1. The number of benzene rings is 2. The molecule has 5 N–H and O–H groups in total. The van der Waals surface area contributed by atoms with Crippen LogP contribution in [0.25, 0.3) is 0 Å². The van der Waals surface area contributed by atoms with Crippen molar-refractivity contribution >= 4 is 35.1 Å². The van der Waals surface area contributed by atoms with Gasteiger partial charge in [-0.25, -0.2) is 4.98 Å². The summed E-state index contributed by atoms with van der Waals surface area (Å²) < 4.78 is 0. The molecular formula is C20H19N5O3S. The first-order valence-electron chi connectivity index (χ1n) is 8.72. The van der Waals surface area contributed by atoms with Crippen molar-refractivity contribution in [3.8, 4) is 0 Å². The van der Waals surface area contributed by atoms with Gasteiger partial charge in [0, 0.05) is 12.1 Å². The van der Waals surface area contributed by atoms with Crippen LogP contribution in [0, 0.1) is 0 Å². The van der Waals surface area contributed by atoms with E-state index in [9.17, 15) is 14.4 Å². The molecule has 8 nitrogen and oxygen atoms in total. The number of carbonyl (C=O) groups is 2. The zero-order valence-electron chi connectivity index (χ0n) is 15.3. The van der Waals surface area contributed by atoms with E-state index in [1.807, 2.05) is 30.3 Å². The first-order chi connectivity index (χ1) is 14.0. The number of carbonyl (C=O) groups excluding carboxylic acids is 2. The summed E-state index contributed by atoms with van der Waals surface area (Å²) in [7, 11) is 0. The van der Waals surface area contributed by atoms with Gasteiger partial charge >= 0.3 is 0 Å². The number of hydrogen-bond acceptors (Lipinski definition) is 6. The Morgan fingerprint density at radius 2 is 1.69 bits per heavy atom. The maximum absolute atomic E-state index is 12.3. The van der Waals surface area contributed by atoms with E-state index in [-0.39, 0.29) is 28.3 Å². The van der Waals surface area contributed by atoms with Crippen LogP contribution in [0.15, 0.2) is 70.6 Å². The van der Waals surface area contributed by atoms with Crippen LogP contribution in [0.2, 0.25) is 0 Å². The fourth-order valence-electron chi connectivity index (χ4n) is 2.42. The zero-order chi connectivity index (χ0) is 20.6.